The van der Waals surface area contributed by atoms with Gasteiger partial charge in [-0.15, -0.1) is 5.10 Å². The quantitative estimate of drug-likeness (QED) is 0.649. The number of anilines is 1. The van der Waals surface area contributed by atoms with E-state index in [2.05, 4.69) is 25.7 Å². The van der Waals surface area contributed by atoms with Gasteiger partial charge in [0.05, 0.1) is 18.5 Å². The highest BCUT2D eigenvalue weighted by molar-refractivity contribution is 6.06. The molecule has 10 nitrogen and oxygen atoms in total. The number of rotatable bonds is 5. The van der Waals surface area contributed by atoms with E-state index in [1.807, 2.05) is 18.9 Å². The number of nitrogens with zero attached hydrogens (tertiary/aromatic N) is 6. The van der Waals surface area contributed by atoms with E-state index >= 15 is 0 Å². The smallest absolute Gasteiger partial charge is 0.255 e. The van der Waals surface area contributed by atoms with E-state index in [1.165, 1.54) is 18.1 Å². The summed E-state index contributed by atoms with van der Waals surface area (Å²) in [6, 6.07) is 10.3. The van der Waals surface area contributed by atoms with Crippen LogP contribution in [-0.4, -0.2) is 82.2 Å². The van der Waals surface area contributed by atoms with Gasteiger partial charge < -0.3 is 19.9 Å². The second kappa shape index (κ2) is 9.15. The van der Waals surface area contributed by atoms with Gasteiger partial charge in [-0.1, -0.05) is 0 Å². The SMILES string of the molecule is COc1ccc(C(=O)N2CCN(C)CC2)cc1NC(=O)c1ccc(-n2cnnn2)c(C)c1. The normalized spacial score (nSPS) is 14.3. The Morgan fingerprint density at radius 1 is 1.03 bits per heavy atom. The number of carbonyl (C=O) groups excluding carboxylic acids is 2. The molecule has 1 saturated heterocycles. The lowest BCUT2D eigenvalue weighted by molar-refractivity contribution is 0.0664. The molecule has 0 radical (unpaired) electrons. The predicted octanol–water partition coefficient (Wildman–Crippen LogP) is 1.62. The third-order valence-electron chi connectivity index (χ3n) is 5.54. The summed E-state index contributed by atoms with van der Waals surface area (Å²) in [5.74, 6) is 0.118. The number of hydrogen-bond donors (Lipinski definition) is 1. The molecule has 2 amide bonds. The molecule has 0 saturated carbocycles. The first-order valence-corrected chi connectivity index (χ1v) is 10.3. The largest absolute Gasteiger partial charge is 0.495 e. The first-order chi connectivity index (χ1) is 15.5. The van der Waals surface area contributed by atoms with Crippen molar-refractivity contribution in [3.63, 3.8) is 0 Å². The van der Waals surface area contributed by atoms with Crippen LogP contribution in [0.15, 0.2) is 42.7 Å². The van der Waals surface area contributed by atoms with Gasteiger partial charge in [0.15, 0.2) is 0 Å². The Balaban J connectivity index is 1.54. The van der Waals surface area contributed by atoms with Gasteiger partial charge >= 0.3 is 0 Å². The van der Waals surface area contributed by atoms with Crippen LogP contribution in [-0.2, 0) is 0 Å². The Kier molecular flexibility index (Phi) is 6.13. The molecule has 4 rings (SSSR count). The first kappa shape index (κ1) is 21.4. The van der Waals surface area contributed by atoms with E-state index in [-0.39, 0.29) is 11.8 Å². The number of piperazine rings is 1. The van der Waals surface area contributed by atoms with Crippen molar-refractivity contribution in [1.29, 1.82) is 0 Å². The molecule has 0 unspecified atom stereocenters. The van der Waals surface area contributed by atoms with E-state index in [9.17, 15) is 9.59 Å². The fourth-order valence-corrected chi connectivity index (χ4v) is 3.65. The second-order valence-corrected chi connectivity index (χ2v) is 7.72. The molecule has 0 aliphatic carbocycles. The van der Waals surface area contributed by atoms with Gasteiger partial charge in [-0.3, -0.25) is 9.59 Å². The number of benzene rings is 2. The number of methoxy groups -OCH3 is 1. The molecule has 1 N–H and O–H groups in total. The highest BCUT2D eigenvalue weighted by atomic mass is 16.5. The maximum Gasteiger partial charge on any atom is 0.255 e. The van der Waals surface area contributed by atoms with Gasteiger partial charge in [0.2, 0.25) is 0 Å². The topological polar surface area (TPSA) is 105 Å². The van der Waals surface area contributed by atoms with Crippen molar-refractivity contribution in [2.45, 2.75) is 6.92 Å². The minimum absolute atomic E-state index is 0.0575. The van der Waals surface area contributed by atoms with Crippen LogP contribution in [0.1, 0.15) is 26.3 Å². The summed E-state index contributed by atoms with van der Waals surface area (Å²) in [4.78, 5) is 29.9. The molecule has 1 fully saturated rings. The van der Waals surface area contributed by atoms with E-state index < -0.39 is 0 Å². The van der Waals surface area contributed by atoms with Crippen LogP contribution >= 0.6 is 0 Å². The van der Waals surface area contributed by atoms with Crippen molar-refractivity contribution in [2.24, 2.45) is 0 Å². The molecule has 0 spiro atoms. The summed E-state index contributed by atoms with van der Waals surface area (Å²) in [6.45, 7) is 4.91. The van der Waals surface area contributed by atoms with Crippen molar-refractivity contribution >= 4 is 17.5 Å². The summed E-state index contributed by atoms with van der Waals surface area (Å²) in [6.07, 6.45) is 1.50. The first-order valence-electron chi connectivity index (χ1n) is 10.3. The molecular weight excluding hydrogens is 410 g/mol. The zero-order valence-electron chi connectivity index (χ0n) is 18.3. The Morgan fingerprint density at radius 2 is 1.78 bits per heavy atom. The summed E-state index contributed by atoms with van der Waals surface area (Å²) < 4.78 is 6.93. The van der Waals surface area contributed by atoms with E-state index in [0.29, 0.717) is 35.7 Å². The van der Waals surface area contributed by atoms with Crippen molar-refractivity contribution in [3.8, 4) is 11.4 Å². The van der Waals surface area contributed by atoms with E-state index in [1.54, 1.807) is 36.4 Å². The van der Waals surface area contributed by atoms with E-state index in [0.717, 1.165) is 24.3 Å². The number of aryl methyl sites for hydroxylation is 1. The predicted molar refractivity (Wildman–Crippen MR) is 118 cm³/mol. The van der Waals surface area contributed by atoms with Crippen LogP contribution < -0.4 is 10.1 Å². The summed E-state index contributed by atoms with van der Waals surface area (Å²) in [5, 5.41) is 14.0. The number of likely N-dealkylation sites (N-methyl/N-ethyl adjacent to an activating group) is 1. The highest BCUT2D eigenvalue weighted by Gasteiger charge is 2.22. The van der Waals surface area contributed by atoms with Crippen molar-refractivity contribution in [1.82, 2.24) is 30.0 Å². The van der Waals surface area contributed by atoms with Crippen LogP contribution in [0.2, 0.25) is 0 Å². The van der Waals surface area contributed by atoms with Gasteiger partial charge in [-0.25, -0.2) is 4.68 Å². The Labute approximate surface area is 185 Å². The monoisotopic (exact) mass is 435 g/mol. The molecule has 1 aromatic heterocycles. The standard InChI is InChI=1S/C22H25N7O3/c1-15-12-16(4-6-19(15)29-14-23-25-26-29)21(30)24-18-13-17(5-7-20(18)32-3)22(31)28-10-8-27(2)9-11-28/h4-7,12-14H,8-11H2,1-3H3,(H,24,30). The Bertz CT molecular complexity index is 1120. The molecule has 0 bridgehead atoms. The second-order valence-electron chi connectivity index (χ2n) is 7.72. The third kappa shape index (κ3) is 4.45. The molecule has 0 atom stereocenters. The van der Waals surface area contributed by atoms with Crippen LogP contribution in [0, 0.1) is 6.92 Å². The third-order valence-corrected chi connectivity index (χ3v) is 5.54. The van der Waals surface area contributed by atoms with Crippen molar-refractivity contribution < 1.29 is 14.3 Å². The highest BCUT2D eigenvalue weighted by Crippen LogP contribution is 2.27. The van der Waals surface area contributed by atoms with Gasteiger partial charge in [-0.05, 0) is 66.4 Å². The lowest BCUT2D eigenvalue weighted by atomic mass is 10.1. The zero-order valence-corrected chi connectivity index (χ0v) is 18.3. The van der Waals surface area contributed by atoms with Gasteiger partial charge in [0.1, 0.15) is 12.1 Å². The van der Waals surface area contributed by atoms with Gasteiger partial charge in [0, 0.05) is 37.3 Å². The summed E-state index contributed by atoms with van der Waals surface area (Å²) in [5.41, 5.74) is 3.05. The number of amides is 2. The van der Waals surface area contributed by atoms with Crippen LogP contribution in [0.5, 0.6) is 5.75 Å². The summed E-state index contributed by atoms with van der Waals surface area (Å²) in [7, 11) is 3.57. The Hall–Kier alpha value is -3.79. The zero-order chi connectivity index (χ0) is 22.7. The average molecular weight is 435 g/mol. The van der Waals surface area contributed by atoms with Crippen LogP contribution in [0.25, 0.3) is 5.69 Å². The van der Waals surface area contributed by atoms with Gasteiger partial charge in [0.25, 0.3) is 11.8 Å². The maximum atomic E-state index is 12.9. The van der Waals surface area contributed by atoms with Gasteiger partial charge in [-0.2, -0.15) is 0 Å². The fourth-order valence-electron chi connectivity index (χ4n) is 3.65. The van der Waals surface area contributed by atoms with E-state index in [4.69, 9.17) is 4.74 Å². The number of ether oxygens (including phenoxy) is 1. The van der Waals surface area contributed by atoms with Crippen molar-refractivity contribution in [3.05, 3.63) is 59.4 Å². The molecule has 3 aromatic rings. The van der Waals surface area contributed by atoms with Crippen molar-refractivity contribution in [2.75, 3.05) is 45.7 Å². The average Bonchev–Trinajstić information content (AvgIpc) is 3.33. The lowest BCUT2D eigenvalue weighted by Crippen LogP contribution is -2.47. The minimum Gasteiger partial charge on any atom is -0.495 e. The number of tetrazole rings is 1. The van der Waals surface area contributed by atoms with Crippen LogP contribution in [0.3, 0.4) is 0 Å². The number of aromatic nitrogens is 4. The molecular formula is C22H25N7O3. The fraction of sp³-hybridized carbons (Fsp3) is 0.318. The number of nitrogens with one attached hydrogen (secondary N) is 1. The molecule has 32 heavy (non-hydrogen) atoms. The van der Waals surface area contributed by atoms with Crippen LogP contribution in [0.4, 0.5) is 5.69 Å². The Morgan fingerprint density at radius 3 is 2.44 bits per heavy atom. The lowest BCUT2D eigenvalue weighted by Gasteiger charge is -2.32. The minimum atomic E-state index is -0.307. The molecule has 1 aliphatic heterocycles. The maximum absolute atomic E-state index is 12.9. The number of carbonyl (C=O) groups is 2. The number of hydrogen-bond acceptors (Lipinski definition) is 7. The molecule has 166 valence electrons. The molecule has 1 aliphatic rings. The molecule has 2 heterocycles. The molecule has 2 aromatic carbocycles. The molecule has 10 heteroatoms. The summed E-state index contributed by atoms with van der Waals surface area (Å²) >= 11 is 0.